The Morgan fingerprint density at radius 1 is 1.29 bits per heavy atom. The van der Waals surface area contributed by atoms with Crippen molar-refractivity contribution >= 4 is 11.0 Å². The Labute approximate surface area is 126 Å². The number of nitrogens with one attached hydrogen (secondary N) is 1. The number of fused-ring (bicyclic) bond motifs is 1. The van der Waals surface area contributed by atoms with Gasteiger partial charge in [0.1, 0.15) is 0 Å². The number of rotatable bonds is 2. The molecule has 0 amide bonds. The van der Waals surface area contributed by atoms with Crippen molar-refractivity contribution in [2.24, 2.45) is 0 Å². The third-order valence-electron chi connectivity index (χ3n) is 4.48. The molecule has 0 saturated carbocycles. The van der Waals surface area contributed by atoms with E-state index < -0.39 is 0 Å². The van der Waals surface area contributed by atoms with Gasteiger partial charge < -0.3 is 5.32 Å². The molecule has 1 saturated heterocycles. The molecule has 2 heterocycles. The van der Waals surface area contributed by atoms with Crippen LogP contribution in [0.2, 0.25) is 0 Å². The summed E-state index contributed by atoms with van der Waals surface area (Å²) in [6.07, 6.45) is 1.82. The molecule has 0 spiro atoms. The summed E-state index contributed by atoms with van der Waals surface area (Å²) >= 11 is 0. The largest absolute Gasteiger partial charge is 0.311 e. The zero-order valence-corrected chi connectivity index (χ0v) is 13.3. The van der Waals surface area contributed by atoms with Gasteiger partial charge in [-0.1, -0.05) is 6.07 Å². The normalized spacial score (nSPS) is 25.1. The summed E-state index contributed by atoms with van der Waals surface area (Å²) in [5.41, 5.74) is 4.26. The van der Waals surface area contributed by atoms with Crippen molar-refractivity contribution in [1.29, 1.82) is 0 Å². The van der Waals surface area contributed by atoms with Crippen LogP contribution < -0.4 is 5.32 Å². The number of aromatic nitrogens is 2. The number of hydrogen-bond donors (Lipinski definition) is 1. The molecule has 1 aromatic carbocycles. The summed E-state index contributed by atoms with van der Waals surface area (Å²) in [5, 5.41) is 3.54. The molecule has 1 aliphatic rings. The first-order chi connectivity index (χ1) is 10.0. The lowest BCUT2D eigenvalue weighted by molar-refractivity contribution is 0.103. The fraction of sp³-hybridized carbons (Fsp3) is 0.529. The molecule has 1 aliphatic heterocycles. The van der Waals surface area contributed by atoms with Crippen LogP contribution in [0.3, 0.4) is 0 Å². The third kappa shape index (κ3) is 2.92. The highest BCUT2D eigenvalue weighted by molar-refractivity contribution is 5.74. The highest BCUT2D eigenvalue weighted by atomic mass is 15.2. The van der Waals surface area contributed by atoms with Crippen LogP contribution in [0.5, 0.6) is 0 Å². The molecule has 2 aromatic rings. The van der Waals surface area contributed by atoms with Gasteiger partial charge in [0.2, 0.25) is 0 Å². The second kappa shape index (κ2) is 5.70. The van der Waals surface area contributed by atoms with Gasteiger partial charge in [-0.25, -0.2) is 4.98 Å². The van der Waals surface area contributed by atoms with Crippen LogP contribution in [0.4, 0.5) is 0 Å². The van der Waals surface area contributed by atoms with Crippen LogP contribution in [0, 0.1) is 6.92 Å². The molecular weight excluding hydrogens is 260 g/mol. The number of hydrogen-bond acceptors (Lipinski definition) is 4. The van der Waals surface area contributed by atoms with E-state index in [9.17, 15) is 0 Å². The molecular formula is C17H24N4. The molecule has 1 N–H and O–H groups in total. The predicted octanol–water partition coefficient (Wildman–Crippen LogP) is 2.68. The van der Waals surface area contributed by atoms with Gasteiger partial charge >= 0.3 is 0 Å². The van der Waals surface area contributed by atoms with Crippen molar-refractivity contribution in [3.63, 3.8) is 0 Å². The van der Waals surface area contributed by atoms with Crippen molar-refractivity contribution < 1.29 is 0 Å². The zero-order chi connectivity index (χ0) is 15.0. The van der Waals surface area contributed by atoms with Crippen molar-refractivity contribution in [2.45, 2.75) is 45.8 Å². The Balaban J connectivity index is 1.91. The standard InChI is InChI=1S/C17H24N4/c1-11-8-19-16-6-5-15(7-17(16)20-11)14(4)21-10-12(2)18-9-13(21)3/h5-8,12-14,18H,9-10H2,1-4H3/t12-,13+,14+/m0/s1. The highest BCUT2D eigenvalue weighted by Gasteiger charge is 2.27. The van der Waals surface area contributed by atoms with Gasteiger partial charge in [-0.15, -0.1) is 0 Å². The quantitative estimate of drug-likeness (QED) is 0.920. The van der Waals surface area contributed by atoms with Crippen molar-refractivity contribution in [3.8, 4) is 0 Å². The van der Waals surface area contributed by atoms with Crippen LogP contribution >= 0.6 is 0 Å². The Morgan fingerprint density at radius 3 is 2.90 bits per heavy atom. The molecule has 21 heavy (non-hydrogen) atoms. The average Bonchev–Trinajstić information content (AvgIpc) is 2.48. The van der Waals surface area contributed by atoms with Crippen molar-refractivity contribution in [2.75, 3.05) is 13.1 Å². The van der Waals surface area contributed by atoms with E-state index in [0.717, 1.165) is 29.8 Å². The maximum atomic E-state index is 4.60. The second-order valence-electron chi connectivity index (χ2n) is 6.29. The smallest absolute Gasteiger partial charge is 0.0893 e. The fourth-order valence-corrected chi connectivity index (χ4v) is 3.16. The van der Waals surface area contributed by atoms with Crippen LogP contribution in [0.1, 0.15) is 38.1 Å². The first-order valence-electron chi connectivity index (χ1n) is 7.77. The third-order valence-corrected chi connectivity index (χ3v) is 4.48. The molecule has 4 nitrogen and oxygen atoms in total. The number of nitrogens with zero attached hydrogens (tertiary/aromatic N) is 3. The lowest BCUT2D eigenvalue weighted by atomic mass is 10.0. The van der Waals surface area contributed by atoms with Crippen LogP contribution in [0.25, 0.3) is 11.0 Å². The van der Waals surface area contributed by atoms with Gasteiger partial charge in [0, 0.05) is 37.4 Å². The maximum absolute atomic E-state index is 4.60. The van der Waals surface area contributed by atoms with E-state index in [4.69, 9.17) is 0 Å². The summed E-state index contributed by atoms with van der Waals surface area (Å²) in [6.45, 7) is 11.0. The Bertz CT molecular complexity index is 640. The predicted molar refractivity (Wildman–Crippen MR) is 86.3 cm³/mol. The number of benzene rings is 1. The first-order valence-corrected chi connectivity index (χ1v) is 7.77. The Kier molecular flexibility index (Phi) is 3.91. The summed E-state index contributed by atoms with van der Waals surface area (Å²) in [4.78, 5) is 11.6. The Morgan fingerprint density at radius 2 is 2.10 bits per heavy atom. The van der Waals surface area contributed by atoms with Gasteiger partial charge in [0.15, 0.2) is 0 Å². The highest BCUT2D eigenvalue weighted by Crippen LogP contribution is 2.26. The minimum Gasteiger partial charge on any atom is -0.311 e. The van der Waals surface area contributed by atoms with E-state index in [-0.39, 0.29) is 0 Å². The van der Waals surface area contributed by atoms with E-state index in [1.54, 1.807) is 0 Å². The maximum Gasteiger partial charge on any atom is 0.0893 e. The van der Waals surface area contributed by atoms with E-state index >= 15 is 0 Å². The molecule has 0 bridgehead atoms. The molecule has 0 aliphatic carbocycles. The molecule has 1 fully saturated rings. The summed E-state index contributed by atoms with van der Waals surface area (Å²) in [5.74, 6) is 0. The summed E-state index contributed by atoms with van der Waals surface area (Å²) in [6, 6.07) is 7.97. The van der Waals surface area contributed by atoms with Crippen LogP contribution in [0.15, 0.2) is 24.4 Å². The average molecular weight is 284 g/mol. The SMILES string of the molecule is Cc1cnc2ccc([C@@H](C)N3C[C@H](C)NC[C@H]3C)cc2n1. The lowest BCUT2D eigenvalue weighted by Gasteiger charge is -2.41. The van der Waals surface area contributed by atoms with E-state index in [1.807, 2.05) is 13.1 Å². The number of piperazine rings is 1. The van der Waals surface area contributed by atoms with Gasteiger partial charge in [0.05, 0.1) is 16.7 Å². The summed E-state index contributed by atoms with van der Waals surface area (Å²) < 4.78 is 0. The van der Waals surface area contributed by atoms with Gasteiger partial charge in [-0.05, 0) is 45.4 Å². The van der Waals surface area contributed by atoms with Gasteiger partial charge in [0.25, 0.3) is 0 Å². The van der Waals surface area contributed by atoms with Gasteiger partial charge in [-0.3, -0.25) is 9.88 Å². The monoisotopic (exact) mass is 284 g/mol. The Hall–Kier alpha value is -1.52. The summed E-state index contributed by atoms with van der Waals surface area (Å²) in [7, 11) is 0. The first kappa shape index (κ1) is 14.4. The number of aryl methyl sites for hydroxylation is 1. The molecule has 3 rings (SSSR count). The molecule has 1 aromatic heterocycles. The molecule has 0 radical (unpaired) electrons. The van der Waals surface area contributed by atoms with E-state index in [2.05, 4.69) is 59.2 Å². The second-order valence-corrected chi connectivity index (χ2v) is 6.29. The molecule has 0 unspecified atom stereocenters. The fourth-order valence-electron chi connectivity index (χ4n) is 3.16. The van der Waals surface area contributed by atoms with Crippen LogP contribution in [-0.4, -0.2) is 40.0 Å². The van der Waals surface area contributed by atoms with E-state index in [1.165, 1.54) is 5.56 Å². The van der Waals surface area contributed by atoms with Crippen LogP contribution in [-0.2, 0) is 0 Å². The van der Waals surface area contributed by atoms with E-state index in [0.29, 0.717) is 18.1 Å². The molecule has 4 heteroatoms. The minimum absolute atomic E-state index is 0.399. The zero-order valence-electron chi connectivity index (χ0n) is 13.3. The van der Waals surface area contributed by atoms with Gasteiger partial charge in [-0.2, -0.15) is 0 Å². The molecule has 112 valence electrons. The van der Waals surface area contributed by atoms with Crippen molar-refractivity contribution in [1.82, 2.24) is 20.2 Å². The topological polar surface area (TPSA) is 41.1 Å². The lowest BCUT2D eigenvalue weighted by Crippen LogP contribution is -2.54. The van der Waals surface area contributed by atoms with Crippen molar-refractivity contribution in [3.05, 3.63) is 35.7 Å². The molecule has 3 atom stereocenters. The minimum atomic E-state index is 0.399.